The van der Waals surface area contributed by atoms with Crippen molar-refractivity contribution < 1.29 is 4.42 Å². The molecule has 4 nitrogen and oxygen atoms in total. The molecule has 0 aliphatic carbocycles. The quantitative estimate of drug-likeness (QED) is 0.886. The van der Waals surface area contributed by atoms with Crippen LogP contribution in [0.25, 0.3) is 0 Å². The molecule has 0 aliphatic rings. The van der Waals surface area contributed by atoms with Gasteiger partial charge in [0.1, 0.15) is 11.5 Å². The van der Waals surface area contributed by atoms with Gasteiger partial charge >= 0.3 is 0 Å². The van der Waals surface area contributed by atoms with Gasteiger partial charge in [0.2, 0.25) is 0 Å². The Morgan fingerprint density at radius 2 is 2.15 bits per heavy atom. The average molecular weight is 296 g/mol. The van der Waals surface area contributed by atoms with Crippen LogP contribution in [-0.4, -0.2) is 16.3 Å². The Morgan fingerprint density at radius 1 is 1.40 bits per heavy atom. The van der Waals surface area contributed by atoms with Gasteiger partial charge in [-0.25, -0.2) is 0 Å². The zero-order valence-corrected chi connectivity index (χ0v) is 13.3. The normalized spacial score (nSPS) is 11.5. The van der Waals surface area contributed by atoms with Crippen LogP contribution in [0.4, 0.5) is 0 Å². The van der Waals surface area contributed by atoms with Crippen LogP contribution in [0.5, 0.6) is 0 Å². The maximum Gasteiger partial charge on any atom is 0.118 e. The first-order chi connectivity index (χ1) is 9.45. The molecule has 0 aliphatic heterocycles. The highest BCUT2D eigenvalue weighted by Gasteiger charge is 2.10. The van der Waals surface area contributed by atoms with Crippen LogP contribution in [0.15, 0.2) is 16.7 Å². The van der Waals surface area contributed by atoms with E-state index in [0.29, 0.717) is 17.5 Å². The maximum absolute atomic E-state index is 6.02. The van der Waals surface area contributed by atoms with Gasteiger partial charge < -0.3 is 9.73 Å². The number of furan rings is 1. The summed E-state index contributed by atoms with van der Waals surface area (Å²) >= 11 is 6.02. The number of rotatable bonds is 6. The minimum Gasteiger partial charge on any atom is -0.465 e. The van der Waals surface area contributed by atoms with E-state index in [0.717, 1.165) is 35.9 Å². The molecule has 2 aromatic heterocycles. The molecule has 0 bridgehead atoms. The molecule has 0 unspecified atom stereocenters. The van der Waals surface area contributed by atoms with Gasteiger partial charge in [0.15, 0.2) is 0 Å². The van der Waals surface area contributed by atoms with Gasteiger partial charge in [0.25, 0.3) is 0 Å². The van der Waals surface area contributed by atoms with E-state index in [9.17, 15) is 0 Å². The van der Waals surface area contributed by atoms with E-state index >= 15 is 0 Å². The Hall–Kier alpha value is -1.26. The first-order valence-corrected chi connectivity index (χ1v) is 7.32. The molecule has 0 atom stereocenters. The van der Waals surface area contributed by atoms with Gasteiger partial charge in [-0.1, -0.05) is 25.4 Å². The molecule has 5 heteroatoms. The predicted octanol–water partition coefficient (Wildman–Crippen LogP) is 3.54. The van der Waals surface area contributed by atoms with Crippen LogP contribution in [0.2, 0.25) is 5.02 Å². The first-order valence-electron chi connectivity index (χ1n) is 6.94. The number of nitrogens with zero attached hydrogens (tertiary/aromatic N) is 2. The molecule has 0 spiro atoms. The maximum atomic E-state index is 6.02. The van der Waals surface area contributed by atoms with Crippen LogP contribution in [-0.2, 0) is 13.1 Å². The van der Waals surface area contributed by atoms with Crippen LogP contribution < -0.4 is 5.32 Å². The van der Waals surface area contributed by atoms with Gasteiger partial charge in [-0.15, -0.1) is 0 Å². The van der Waals surface area contributed by atoms with Crippen LogP contribution >= 0.6 is 11.6 Å². The summed E-state index contributed by atoms with van der Waals surface area (Å²) in [4.78, 5) is 0. The van der Waals surface area contributed by atoms with Crippen molar-refractivity contribution in [2.24, 2.45) is 5.92 Å². The third kappa shape index (κ3) is 3.87. The summed E-state index contributed by atoms with van der Waals surface area (Å²) in [5, 5.41) is 8.45. The highest BCUT2D eigenvalue weighted by Crippen LogP contribution is 2.18. The number of hydrogen-bond donors (Lipinski definition) is 1. The van der Waals surface area contributed by atoms with Crippen molar-refractivity contribution in [2.45, 2.75) is 40.8 Å². The van der Waals surface area contributed by atoms with Crippen molar-refractivity contribution in [3.05, 3.63) is 40.1 Å². The smallest absolute Gasteiger partial charge is 0.118 e. The topological polar surface area (TPSA) is 43.0 Å². The molecule has 0 fully saturated rings. The average Bonchev–Trinajstić information content (AvgIpc) is 2.84. The summed E-state index contributed by atoms with van der Waals surface area (Å²) in [5.74, 6) is 2.54. The van der Waals surface area contributed by atoms with Crippen LogP contribution in [0.3, 0.4) is 0 Å². The van der Waals surface area contributed by atoms with Crippen molar-refractivity contribution in [3.8, 4) is 0 Å². The lowest BCUT2D eigenvalue weighted by molar-refractivity contribution is 0.446. The lowest BCUT2D eigenvalue weighted by Gasteiger charge is -2.04. The fourth-order valence-corrected chi connectivity index (χ4v) is 2.22. The van der Waals surface area contributed by atoms with Gasteiger partial charge in [0, 0.05) is 11.8 Å². The molecule has 0 saturated carbocycles. The molecular formula is C15H22ClN3O. The number of aromatic nitrogens is 2. The second-order valence-electron chi connectivity index (χ2n) is 5.58. The molecule has 2 aromatic rings. The molecule has 0 aromatic carbocycles. The van der Waals surface area contributed by atoms with Crippen molar-refractivity contribution in [1.29, 1.82) is 0 Å². The molecule has 1 N–H and O–H groups in total. The summed E-state index contributed by atoms with van der Waals surface area (Å²) in [7, 11) is 0. The Morgan fingerprint density at radius 3 is 2.75 bits per heavy atom. The lowest BCUT2D eigenvalue weighted by atomic mass is 10.2. The molecular weight excluding hydrogens is 274 g/mol. The number of aryl methyl sites for hydroxylation is 2. The molecule has 2 heterocycles. The van der Waals surface area contributed by atoms with Crippen LogP contribution in [0, 0.1) is 19.8 Å². The van der Waals surface area contributed by atoms with E-state index in [1.54, 1.807) is 0 Å². The minimum atomic E-state index is 0.639. The van der Waals surface area contributed by atoms with Crippen molar-refractivity contribution in [1.82, 2.24) is 15.1 Å². The molecule has 2 rings (SSSR count). The molecule has 20 heavy (non-hydrogen) atoms. The highest BCUT2D eigenvalue weighted by molar-refractivity contribution is 6.31. The van der Waals surface area contributed by atoms with Crippen molar-refractivity contribution >= 4 is 11.6 Å². The molecule has 0 radical (unpaired) electrons. The summed E-state index contributed by atoms with van der Waals surface area (Å²) in [6.45, 7) is 10.7. The largest absolute Gasteiger partial charge is 0.465 e. The van der Waals surface area contributed by atoms with Gasteiger partial charge in [-0.2, -0.15) is 5.10 Å². The summed E-state index contributed by atoms with van der Waals surface area (Å²) in [6, 6.07) is 2.09. The fraction of sp³-hybridized carbons (Fsp3) is 0.533. The Labute approximate surface area is 125 Å². The van der Waals surface area contributed by atoms with E-state index in [2.05, 4.69) is 30.3 Å². The van der Waals surface area contributed by atoms with Gasteiger partial charge in [-0.3, -0.25) is 4.68 Å². The fourth-order valence-electron chi connectivity index (χ4n) is 2.06. The predicted molar refractivity (Wildman–Crippen MR) is 81.1 cm³/mol. The SMILES string of the molecule is Cc1nn(Cc2cc(CNCC(C)C)oc2C)cc1Cl. The Balaban J connectivity index is 2.00. The second kappa shape index (κ2) is 6.46. The Kier molecular flexibility index (Phi) is 4.89. The van der Waals surface area contributed by atoms with Crippen molar-refractivity contribution in [3.63, 3.8) is 0 Å². The second-order valence-corrected chi connectivity index (χ2v) is 5.99. The summed E-state index contributed by atoms with van der Waals surface area (Å²) in [6.07, 6.45) is 1.85. The van der Waals surface area contributed by atoms with E-state index < -0.39 is 0 Å². The standard InChI is InChI=1S/C15H22ClN3O/c1-10(2)6-17-7-14-5-13(12(4)20-14)8-19-9-15(16)11(3)18-19/h5,9-10,17H,6-8H2,1-4H3. The zero-order valence-electron chi connectivity index (χ0n) is 12.5. The Bertz CT molecular complexity index is 552. The summed E-state index contributed by atoms with van der Waals surface area (Å²) in [5.41, 5.74) is 2.00. The number of nitrogens with one attached hydrogen (secondary N) is 1. The highest BCUT2D eigenvalue weighted by atomic mass is 35.5. The molecule has 110 valence electrons. The third-order valence-electron chi connectivity index (χ3n) is 3.14. The number of hydrogen-bond acceptors (Lipinski definition) is 3. The summed E-state index contributed by atoms with van der Waals surface area (Å²) < 4.78 is 7.62. The van der Waals surface area contributed by atoms with E-state index in [1.165, 1.54) is 0 Å². The van der Waals surface area contributed by atoms with Gasteiger partial charge in [0.05, 0.1) is 23.8 Å². The van der Waals surface area contributed by atoms with E-state index in [4.69, 9.17) is 16.0 Å². The van der Waals surface area contributed by atoms with E-state index in [1.807, 2.05) is 24.7 Å². The van der Waals surface area contributed by atoms with Gasteiger partial charge in [-0.05, 0) is 32.4 Å². The molecule has 0 amide bonds. The van der Waals surface area contributed by atoms with E-state index in [-0.39, 0.29) is 0 Å². The number of halogens is 1. The molecule has 0 saturated heterocycles. The first kappa shape index (κ1) is 15.1. The lowest BCUT2D eigenvalue weighted by Crippen LogP contribution is -2.18. The minimum absolute atomic E-state index is 0.639. The third-order valence-corrected chi connectivity index (χ3v) is 3.51. The zero-order chi connectivity index (χ0) is 14.7. The van der Waals surface area contributed by atoms with Crippen LogP contribution in [0.1, 0.15) is 36.6 Å². The van der Waals surface area contributed by atoms with Crippen molar-refractivity contribution in [2.75, 3.05) is 6.54 Å². The monoisotopic (exact) mass is 295 g/mol.